The summed E-state index contributed by atoms with van der Waals surface area (Å²) in [7, 11) is 0. The lowest BCUT2D eigenvalue weighted by Crippen LogP contribution is -2.12. The number of ether oxygens (including phenoxy) is 1. The topological polar surface area (TPSA) is 63.6 Å². The zero-order valence-electron chi connectivity index (χ0n) is 18.5. The van der Waals surface area contributed by atoms with Gasteiger partial charge in [0.25, 0.3) is 5.97 Å². The number of carbonyl (C=O) groups is 2. The van der Waals surface area contributed by atoms with Crippen LogP contribution in [0.2, 0.25) is 0 Å². The molecule has 0 spiro atoms. The number of allylic oxidation sites excluding steroid dienone is 7. The molecule has 0 aromatic heterocycles. The van der Waals surface area contributed by atoms with Gasteiger partial charge in [0.2, 0.25) is 0 Å². The van der Waals surface area contributed by atoms with Gasteiger partial charge in [-0.15, -0.1) is 0 Å². The molecule has 0 saturated heterocycles. The highest BCUT2D eigenvalue weighted by Gasteiger charge is 2.32. The van der Waals surface area contributed by atoms with E-state index in [1.165, 1.54) is 6.08 Å². The van der Waals surface area contributed by atoms with Crippen molar-refractivity contribution in [3.63, 3.8) is 0 Å². The molecule has 7 heteroatoms. The van der Waals surface area contributed by atoms with Gasteiger partial charge in [0, 0.05) is 19.3 Å². The number of hydrogen-bond donors (Lipinski definition) is 1. The Morgan fingerprint density at radius 1 is 1.29 bits per heavy atom. The summed E-state index contributed by atoms with van der Waals surface area (Å²) >= 11 is 0. The first-order valence-corrected chi connectivity index (χ1v) is 10.3. The average Bonchev–Trinajstić information content (AvgIpc) is 3.02. The first-order chi connectivity index (χ1) is 14.6. The van der Waals surface area contributed by atoms with Gasteiger partial charge in [-0.25, -0.2) is 0 Å². The molecule has 0 heterocycles. The highest BCUT2D eigenvalue weighted by Crippen LogP contribution is 2.33. The Bertz CT molecular complexity index is 696. The molecule has 2 atom stereocenters. The van der Waals surface area contributed by atoms with Crippen molar-refractivity contribution < 1.29 is 32.6 Å². The molecule has 0 aromatic rings. The molecule has 4 nitrogen and oxygen atoms in total. The fraction of sp³-hybridized carbons (Fsp3) is 0.500. The molecule has 1 N–H and O–H groups in total. The second-order valence-electron chi connectivity index (χ2n) is 6.97. The van der Waals surface area contributed by atoms with E-state index >= 15 is 0 Å². The fourth-order valence-corrected chi connectivity index (χ4v) is 3.01. The molecule has 1 fully saturated rings. The van der Waals surface area contributed by atoms with Crippen LogP contribution in [0.1, 0.15) is 52.9 Å². The van der Waals surface area contributed by atoms with Gasteiger partial charge in [0.15, 0.2) is 0 Å². The fourth-order valence-electron chi connectivity index (χ4n) is 3.01. The van der Waals surface area contributed by atoms with Crippen LogP contribution in [0.25, 0.3) is 0 Å². The van der Waals surface area contributed by atoms with Gasteiger partial charge in [-0.05, 0) is 50.7 Å². The first-order valence-electron chi connectivity index (χ1n) is 10.3. The maximum atomic E-state index is 12.7. The van der Waals surface area contributed by atoms with E-state index in [4.69, 9.17) is 14.6 Å². The molecule has 174 valence electrons. The van der Waals surface area contributed by atoms with Crippen LogP contribution in [-0.2, 0) is 14.3 Å². The second kappa shape index (κ2) is 15.3. The van der Waals surface area contributed by atoms with Crippen molar-refractivity contribution in [2.75, 3.05) is 6.61 Å². The lowest BCUT2D eigenvalue weighted by Gasteiger charge is -2.13. The van der Waals surface area contributed by atoms with E-state index in [0.29, 0.717) is 18.6 Å². The quantitative estimate of drug-likeness (QED) is 0.180. The summed E-state index contributed by atoms with van der Waals surface area (Å²) < 4.78 is 43.7. The Balaban J connectivity index is 0.00000206. The monoisotopic (exact) mass is 442 g/mol. The number of Topliss-reactive ketones (excluding diaryl/α,β-unsaturated/α-hetero) is 1. The number of aliphatic carboxylic acids is 1. The predicted molar refractivity (Wildman–Crippen MR) is 116 cm³/mol. The highest BCUT2D eigenvalue weighted by molar-refractivity contribution is 5.83. The van der Waals surface area contributed by atoms with Gasteiger partial charge < -0.3 is 9.84 Å². The van der Waals surface area contributed by atoms with E-state index in [2.05, 4.69) is 31.7 Å². The van der Waals surface area contributed by atoms with Crippen molar-refractivity contribution in [2.45, 2.75) is 59.1 Å². The standard InChI is InChI=1S/C22H29F3O2.C2H4O2/c1-4-7-8-12-20-17(13-14-21(20)26)11-9-10-15-27-19(6-3)16-18(5-2)22(23,24)25;1-2(3)4/h5-9,11,16-17,20H,2,4,10,12-15H2,1,3H3;1H3,(H,3,4)/b8-7-,11-9+,18-16+,19-6+;/t17?,20-;/m1./s1. The van der Waals surface area contributed by atoms with E-state index in [1.807, 2.05) is 6.08 Å². The summed E-state index contributed by atoms with van der Waals surface area (Å²) in [6.45, 7) is 8.23. The average molecular weight is 443 g/mol. The van der Waals surface area contributed by atoms with Crippen LogP contribution in [0.15, 0.2) is 60.4 Å². The van der Waals surface area contributed by atoms with Crippen molar-refractivity contribution in [2.24, 2.45) is 11.8 Å². The molecule has 0 aliphatic heterocycles. The number of ketones is 1. The Kier molecular flexibility index (Phi) is 14.0. The zero-order valence-corrected chi connectivity index (χ0v) is 18.5. The van der Waals surface area contributed by atoms with Crippen LogP contribution in [-0.4, -0.2) is 29.6 Å². The second-order valence-corrected chi connectivity index (χ2v) is 6.97. The lowest BCUT2D eigenvalue weighted by molar-refractivity contribution is -0.134. The van der Waals surface area contributed by atoms with E-state index in [0.717, 1.165) is 38.3 Å². The molecular weight excluding hydrogens is 409 g/mol. The summed E-state index contributed by atoms with van der Waals surface area (Å²) in [4.78, 5) is 21.0. The van der Waals surface area contributed by atoms with Crippen LogP contribution < -0.4 is 0 Å². The molecule has 1 aliphatic carbocycles. The van der Waals surface area contributed by atoms with Gasteiger partial charge in [-0.1, -0.05) is 43.9 Å². The van der Waals surface area contributed by atoms with Crippen LogP contribution in [0.5, 0.6) is 0 Å². The Morgan fingerprint density at radius 2 is 1.94 bits per heavy atom. The van der Waals surface area contributed by atoms with Gasteiger partial charge in [0.05, 0.1) is 12.2 Å². The molecule has 0 amide bonds. The molecule has 1 rings (SSSR count). The molecule has 1 unspecified atom stereocenters. The number of rotatable bonds is 10. The molecule has 1 aliphatic rings. The van der Waals surface area contributed by atoms with Crippen molar-refractivity contribution in [1.29, 1.82) is 0 Å². The lowest BCUT2D eigenvalue weighted by atomic mass is 9.91. The molecule has 0 radical (unpaired) electrons. The van der Waals surface area contributed by atoms with E-state index in [1.54, 1.807) is 6.92 Å². The van der Waals surface area contributed by atoms with Crippen LogP contribution in [0.3, 0.4) is 0 Å². The van der Waals surface area contributed by atoms with Gasteiger partial charge in [-0.3, -0.25) is 9.59 Å². The summed E-state index contributed by atoms with van der Waals surface area (Å²) in [6.07, 6.45) is 10.7. The Morgan fingerprint density at radius 3 is 2.45 bits per heavy atom. The van der Waals surface area contributed by atoms with Crippen molar-refractivity contribution in [3.05, 3.63) is 60.4 Å². The first kappa shape index (κ1) is 28.4. The maximum absolute atomic E-state index is 12.7. The van der Waals surface area contributed by atoms with Crippen molar-refractivity contribution in [1.82, 2.24) is 0 Å². The maximum Gasteiger partial charge on any atom is 0.416 e. The molecule has 31 heavy (non-hydrogen) atoms. The van der Waals surface area contributed by atoms with Crippen molar-refractivity contribution in [3.8, 4) is 0 Å². The van der Waals surface area contributed by atoms with E-state index < -0.39 is 17.7 Å². The third-order valence-electron chi connectivity index (χ3n) is 4.51. The number of carbonyl (C=O) groups excluding carboxylic acids is 1. The number of hydrogen-bond acceptors (Lipinski definition) is 3. The largest absolute Gasteiger partial charge is 0.494 e. The summed E-state index contributed by atoms with van der Waals surface area (Å²) in [5.74, 6) is -0.0834. The van der Waals surface area contributed by atoms with Crippen LogP contribution in [0, 0.1) is 11.8 Å². The normalized spacial score (nSPS) is 20.1. The molecule has 0 bridgehead atoms. The van der Waals surface area contributed by atoms with Crippen molar-refractivity contribution >= 4 is 11.8 Å². The van der Waals surface area contributed by atoms with Gasteiger partial charge in [-0.2, -0.15) is 13.2 Å². The third kappa shape index (κ3) is 12.7. The minimum atomic E-state index is -4.45. The smallest absolute Gasteiger partial charge is 0.416 e. The van der Waals surface area contributed by atoms with E-state index in [-0.39, 0.29) is 24.2 Å². The zero-order chi connectivity index (χ0) is 23.9. The summed E-state index contributed by atoms with van der Waals surface area (Å²) in [5.41, 5.74) is -0.835. The molecule has 1 saturated carbocycles. The van der Waals surface area contributed by atoms with Gasteiger partial charge in [0.1, 0.15) is 11.5 Å². The predicted octanol–water partition coefficient (Wildman–Crippen LogP) is 6.57. The Hall–Kier alpha value is -2.57. The summed E-state index contributed by atoms with van der Waals surface area (Å²) in [5, 5.41) is 7.42. The Labute approximate surface area is 182 Å². The number of halogens is 3. The number of carboxylic acids is 1. The van der Waals surface area contributed by atoms with Crippen LogP contribution >= 0.6 is 0 Å². The SMILES string of the molecule is C=C/C(=C\C(=C/C)OCC/C=C/C1CCC(=O)[C@@H]1C/C=C\CC)C(F)(F)F.CC(=O)O. The number of alkyl halides is 3. The number of carboxylic acid groups (broad SMARTS) is 1. The molecule has 0 aromatic carbocycles. The van der Waals surface area contributed by atoms with Gasteiger partial charge >= 0.3 is 6.18 Å². The minimum Gasteiger partial charge on any atom is -0.494 e. The molecular formula is C24H33F3O4. The van der Waals surface area contributed by atoms with Crippen LogP contribution in [0.4, 0.5) is 13.2 Å². The van der Waals surface area contributed by atoms with E-state index in [9.17, 15) is 18.0 Å². The summed E-state index contributed by atoms with van der Waals surface area (Å²) in [6, 6.07) is 0. The highest BCUT2D eigenvalue weighted by atomic mass is 19.4. The third-order valence-corrected chi connectivity index (χ3v) is 4.51. The minimum absolute atomic E-state index is 0.0425.